The second kappa shape index (κ2) is 7.91. The second-order valence-electron chi connectivity index (χ2n) is 8.63. The summed E-state index contributed by atoms with van der Waals surface area (Å²) in [6.07, 6.45) is 3.03. The average molecular weight is 406 g/mol. The Hall–Kier alpha value is -1.79. The monoisotopic (exact) mass is 405 g/mol. The second-order valence-corrected chi connectivity index (χ2v) is 9.06. The first-order chi connectivity index (χ1) is 13.4. The van der Waals surface area contributed by atoms with Crippen LogP contribution in [0, 0.1) is 11.8 Å². The van der Waals surface area contributed by atoms with Crippen molar-refractivity contribution < 1.29 is 9.21 Å². The van der Waals surface area contributed by atoms with Crippen LogP contribution < -0.4 is 5.76 Å². The molecule has 6 nitrogen and oxygen atoms in total. The zero-order valence-electron chi connectivity index (χ0n) is 16.6. The quantitative estimate of drug-likeness (QED) is 0.785. The van der Waals surface area contributed by atoms with Crippen LogP contribution in [-0.2, 0) is 4.79 Å². The molecule has 3 atom stereocenters. The summed E-state index contributed by atoms with van der Waals surface area (Å²) in [4.78, 5) is 29.5. The molecule has 1 aromatic carbocycles. The number of fused-ring (bicyclic) bond motifs is 1. The Morgan fingerprint density at radius 1 is 1.21 bits per heavy atom. The molecule has 0 N–H and O–H groups in total. The summed E-state index contributed by atoms with van der Waals surface area (Å²) in [6.45, 7) is 8.11. The number of nitrogens with zero attached hydrogens (tertiary/aromatic N) is 3. The van der Waals surface area contributed by atoms with Crippen LogP contribution in [0.15, 0.2) is 27.4 Å². The predicted octanol–water partition coefficient (Wildman–Crippen LogP) is 3.39. The van der Waals surface area contributed by atoms with E-state index in [0.717, 1.165) is 38.0 Å². The van der Waals surface area contributed by atoms with Gasteiger partial charge in [-0.15, -0.1) is 0 Å². The fourth-order valence-electron chi connectivity index (χ4n) is 4.90. The molecule has 0 bridgehead atoms. The van der Waals surface area contributed by atoms with Gasteiger partial charge in [0.1, 0.15) is 0 Å². The molecule has 0 radical (unpaired) electrons. The number of rotatable bonds is 3. The van der Waals surface area contributed by atoms with Crippen molar-refractivity contribution in [3.63, 3.8) is 0 Å². The highest BCUT2D eigenvalue weighted by molar-refractivity contribution is 6.31. The number of benzene rings is 1. The number of aromatic nitrogens is 1. The van der Waals surface area contributed by atoms with Gasteiger partial charge in [0.25, 0.3) is 0 Å². The molecular formula is C21H28ClN3O3. The number of oxazole rings is 1. The van der Waals surface area contributed by atoms with E-state index in [4.69, 9.17) is 16.0 Å². The van der Waals surface area contributed by atoms with Crippen LogP contribution >= 0.6 is 11.6 Å². The maximum atomic E-state index is 12.9. The molecule has 0 spiro atoms. The zero-order valence-corrected chi connectivity index (χ0v) is 17.3. The van der Waals surface area contributed by atoms with Gasteiger partial charge < -0.3 is 9.32 Å². The van der Waals surface area contributed by atoms with Crippen LogP contribution in [0.1, 0.15) is 39.2 Å². The number of hydrogen-bond acceptors (Lipinski definition) is 4. The largest absolute Gasteiger partial charge is 0.420 e. The fourth-order valence-corrected chi connectivity index (χ4v) is 5.06. The van der Waals surface area contributed by atoms with E-state index < -0.39 is 0 Å². The lowest BCUT2D eigenvalue weighted by atomic mass is 9.92. The molecule has 1 amide bonds. The van der Waals surface area contributed by atoms with E-state index in [1.165, 1.54) is 6.42 Å². The van der Waals surface area contributed by atoms with Gasteiger partial charge >= 0.3 is 5.76 Å². The van der Waals surface area contributed by atoms with Crippen LogP contribution in [0.5, 0.6) is 0 Å². The Kier molecular flexibility index (Phi) is 5.52. The van der Waals surface area contributed by atoms with Crippen molar-refractivity contribution >= 4 is 28.6 Å². The molecule has 0 saturated carbocycles. The van der Waals surface area contributed by atoms with E-state index in [-0.39, 0.29) is 17.7 Å². The van der Waals surface area contributed by atoms with Gasteiger partial charge in [-0.2, -0.15) is 0 Å². The van der Waals surface area contributed by atoms with Crippen LogP contribution in [0.2, 0.25) is 5.02 Å². The van der Waals surface area contributed by atoms with E-state index in [9.17, 15) is 9.59 Å². The highest BCUT2D eigenvalue weighted by Crippen LogP contribution is 2.27. The Bertz CT molecular complexity index is 911. The van der Waals surface area contributed by atoms with Crippen LogP contribution in [0.25, 0.3) is 11.1 Å². The molecular weight excluding hydrogens is 378 g/mol. The molecule has 28 heavy (non-hydrogen) atoms. The maximum absolute atomic E-state index is 12.9. The van der Waals surface area contributed by atoms with Gasteiger partial charge in [0.15, 0.2) is 5.58 Å². The van der Waals surface area contributed by atoms with E-state index in [0.29, 0.717) is 35.5 Å². The van der Waals surface area contributed by atoms with E-state index in [1.54, 1.807) is 22.8 Å². The van der Waals surface area contributed by atoms with E-state index in [2.05, 4.69) is 18.7 Å². The van der Waals surface area contributed by atoms with Crippen molar-refractivity contribution in [1.82, 2.24) is 14.4 Å². The van der Waals surface area contributed by atoms with E-state index in [1.807, 2.05) is 4.90 Å². The first-order valence-electron chi connectivity index (χ1n) is 10.2. The minimum Gasteiger partial charge on any atom is -0.408 e. The number of hydrogen-bond donors (Lipinski definition) is 0. The smallest absolute Gasteiger partial charge is 0.408 e. The summed E-state index contributed by atoms with van der Waals surface area (Å²) in [5, 5.41) is 0.582. The lowest BCUT2D eigenvalue weighted by molar-refractivity contribution is -0.135. The topological polar surface area (TPSA) is 58.7 Å². The summed E-state index contributed by atoms with van der Waals surface area (Å²) in [5.41, 5.74) is 1.29. The molecule has 4 rings (SSSR count). The van der Waals surface area contributed by atoms with Crippen molar-refractivity contribution in [2.24, 2.45) is 11.8 Å². The molecule has 0 unspecified atom stereocenters. The molecule has 2 fully saturated rings. The molecule has 152 valence electrons. The molecule has 7 heteroatoms. The lowest BCUT2D eigenvalue weighted by Crippen LogP contribution is -2.49. The molecule has 3 heterocycles. The summed E-state index contributed by atoms with van der Waals surface area (Å²) < 4.78 is 7.11. The predicted molar refractivity (Wildman–Crippen MR) is 110 cm³/mol. The van der Waals surface area contributed by atoms with Crippen molar-refractivity contribution in [2.75, 3.05) is 32.7 Å². The van der Waals surface area contributed by atoms with Gasteiger partial charge in [0.05, 0.1) is 18.1 Å². The van der Waals surface area contributed by atoms with Gasteiger partial charge in [0, 0.05) is 24.7 Å². The molecule has 2 aliphatic rings. The first-order valence-corrected chi connectivity index (χ1v) is 10.6. The zero-order chi connectivity index (χ0) is 19.8. The molecule has 2 saturated heterocycles. The Balaban J connectivity index is 1.48. The summed E-state index contributed by atoms with van der Waals surface area (Å²) in [7, 11) is 0. The minimum absolute atomic E-state index is 0.00651. The third-order valence-corrected chi connectivity index (χ3v) is 6.24. The number of carbonyl (C=O) groups excluding carboxylic acids is 1. The summed E-state index contributed by atoms with van der Waals surface area (Å²) >= 11 is 6.13. The Labute approximate surface area is 170 Å². The molecule has 2 aromatic rings. The fraction of sp³-hybridized carbons (Fsp3) is 0.619. The first kappa shape index (κ1) is 19.5. The summed E-state index contributed by atoms with van der Waals surface area (Å²) in [6, 6.07) is 5.23. The standard InChI is InChI=1S/C21H28ClN3O3/c1-14-8-15(2)11-24(10-14)20(26)13-23-7-3-4-17(12-23)25-18-9-16(22)5-6-19(18)28-21(25)27/h5-6,9,14-15,17H,3-4,7-8,10-13H2,1-2H3/t14-,15-,17+/m1/s1. The van der Waals surface area contributed by atoms with Crippen LogP contribution in [0.4, 0.5) is 0 Å². The van der Waals surface area contributed by atoms with Crippen molar-refractivity contribution in [1.29, 1.82) is 0 Å². The highest BCUT2D eigenvalue weighted by Gasteiger charge is 2.30. The Morgan fingerprint density at radius 2 is 1.96 bits per heavy atom. The van der Waals surface area contributed by atoms with Crippen molar-refractivity contribution in [2.45, 2.75) is 39.2 Å². The highest BCUT2D eigenvalue weighted by atomic mass is 35.5. The van der Waals surface area contributed by atoms with Crippen LogP contribution in [0.3, 0.4) is 0 Å². The average Bonchev–Trinajstić information content (AvgIpc) is 2.96. The minimum atomic E-state index is -0.353. The SMILES string of the molecule is C[C@@H]1C[C@@H](C)CN(C(=O)CN2CCC[C@H](n3c(=O)oc4ccc(Cl)cc43)C2)C1. The molecule has 0 aliphatic carbocycles. The molecule has 1 aromatic heterocycles. The normalized spacial score (nSPS) is 26.7. The number of amides is 1. The van der Waals surface area contributed by atoms with Gasteiger partial charge in [-0.05, 0) is 55.8 Å². The lowest BCUT2D eigenvalue weighted by Gasteiger charge is -2.38. The molecule has 2 aliphatic heterocycles. The summed E-state index contributed by atoms with van der Waals surface area (Å²) in [5.74, 6) is 0.963. The number of likely N-dealkylation sites (tertiary alicyclic amines) is 2. The van der Waals surface area contributed by atoms with Crippen molar-refractivity contribution in [3.05, 3.63) is 33.8 Å². The Morgan fingerprint density at radius 3 is 2.71 bits per heavy atom. The number of piperidine rings is 2. The van der Waals surface area contributed by atoms with Gasteiger partial charge in [-0.1, -0.05) is 25.4 Å². The van der Waals surface area contributed by atoms with Crippen LogP contribution in [-0.4, -0.2) is 53.0 Å². The third kappa shape index (κ3) is 3.98. The van der Waals surface area contributed by atoms with Gasteiger partial charge in [0.2, 0.25) is 5.91 Å². The number of halogens is 1. The maximum Gasteiger partial charge on any atom is 0.420 e. The van der Waals surface area contributed by atoms with Gasteiger partial charge in [-0.3, -0.25) is 14.3 Å². The van der Waals surface area contributed by atoms with E-state index >= 15 is 0 Å². The van der Waals surface area contributed by atoms with Gasteiger partial charge in [-0.25, -0.2) is 4.79 Å². The third-order valence-electron chi connectivity index (χ3n) is 6.00. The number of carbonyl (C=O) groups is 1. The van der Waals surface area contributed by atoms with Crippen molar-refractivity contribution in [3.8, 4) is 0 Å².